The van der Waals surface area contributed by atoms with Gasteiger partial charge in [-0.25, -0.2) is 4.79 Å². The highest BCUT2D eigenvalue weighted by Gasteiger charge is 1.93. The van der Waals surface area contributed by atoms with Crippen molar-refractivity contribution in [2.45, 2.75) is 6.92 Å². The van der Waals surface area contributed by atoms with Crippen molar-refractivity contribution in [3.63, 3.8) is 0 Å². The highest BCUT2D eigenvalue weighted by atomic mass is 16.4. The van der Waals surface area contributed by atoms with Crippen molar-refractivity contribution in [3.05, 3.63) is 88.9 Å². The minimum atomic E-state index is -0.302. The molecule has 0 amide bonds. The predicted octanol–water partition coefficient (Wildman–Crippen LogP) is 4.34. The zero-order valence-corrected chi connectivity index (χ0v) is 12.2. The Labute approximate surface area is 127 Å². The van der Waals surface area contributed by atoms with Gasteiger partial charge in [0.05, 0.1) is 5.52 Å². The molecule has 2 heterocycles. The number of para-hydroxylation sites is 2. The van der Waals surface area contributed by atoms with Gasteiger partial charge in [-0.3, -0.25) is 4.98 Å². The molecule has 0 unspecified atom stereocenters. The summed E-state index contributed by atoms with van der Waals surface area (Å²) in [5.74, 6) is 0. The number of hydrogen-bond donors (Lipinski definition) is 0. The van der Waals surface area contributed by atoms with Gasteiger partial charge in [-0.2, -0.15) is 0 Å². The van der Waals surface area contributed by atoms with Gasteiger partial charge in [0.25, 0.3) is 0 Å². The minimum Gasteiger partial charge on any atom is -0.423 e. The number of hydrogen-bond acceptors (Lipinski definition) is 3. The number of benzene rings is 2. The second-order valence-electron chi connectivity index (χ2n) is 4.94. The molecule has 0 N–H and O–H groups in total. The topological polar surface area (TPSA) is 43.1 Å². The van der Waals surface area contributed by atoms with E-state index in [0.29, 0.717) is 5.58 Å². The van der Waals surface area contributed by atoms with E-state index in [1.807, 2.05) is 48.7 Å². The lowest BCUT2D eigenvalue weighted by molar-refractivity contribution is 0.561. The maximum atomic E-state index is 10.7. The Kier molecular flexibility index (Phi) is 3.97. The quantitative estimate of drug-likeness (QED) is 0.452. The van der Waals surface area contributed by atoms with Gasteiger partial charge >= 0.3 is 5.63 Å². The minimum absolute atomic E-state index is 0.302. The van der Waals surface area contributed by atoms with Crippen molar-refractivity contribution in [1.82, 2.24) is 4.98 Å². The first-order valence-electron chi connectivity index (χ1n) is 7.03. The second kappa shape index (κ2) is 6.22. The number of aromatic nitrogens is 1. The molecule has 0 atom stereocenters. The van der Waals surface area contributed by atoms with Crippen LogP contribution in [-0.2, 0) is 0 Å². The third-order valence-electron chi connectivity index (χ3n) is 3.40. The molecule has 0 bridgehead atoms. The molecule has 0 saturated heterocycles. The Bertz CT molecular complexity index is 968. The summed E-state index contributed by atoms with van der Waals surface area (Å²) in [6, 6.07) is 20.8. The Morgan fingerprint density at radius 1 is 0.864 bits per heavy atom. The number of rotatable bonds is 0. The molecule has 2 aromatic heterocycles. The zero-order chi connectivity index (χ0) is 15.4. The largest absolute Gasteiger partial charge is 0.423 e. The van der Waals surface area contributed by atoms with E-state index in [-0.39, 0.29) is 5.63 Å². The number of nitrogens with zero attached hydrogens (tertiary/aromatic N) is 1. The van der Waals surface area contributed by atoms with Gasteiger partial charge in [0.15, 0.2) is 0 Å². The Morgan fingerprint density at radius 2 is 1.64 bits per heavy atom. The zero-order valence-electron chi connectivity index (χ0n) is 12.2. The molecule has 2 aromatic carbocycles. The number of aryl methyl sites for hydroxylation is 1. The third kappa shape index (κ3) is 3.04. The van der Waals surface area contributed by atoms with Gasteiger partial charge in [0.1, 0.15) is 5.58 Å². The lowest BCUT2D eigenvalue weighted by Gasteiger charge is -1.97. The molecular formula is C19H15NO2. The maximum Gasteiger partial charge on any atom is 0.336 e. The van der Waals surface area contributed by atoms with Gasteiger partial charge < -0.3 is 4.42 Å². The van der Waals surface area contributed by atoms with Crippen LogP contribution in [0.25, 0.3) is 21.9 Å². The first kappa shape index (κ1) is 14.0. The summed E-state index contributed by atoms with van der Waals surface area (Å²) in [5.41, 5.74) is 2.70. The fourth-order valence-corrected chi connectivity index (χ4v) is 2.25. The van der Waals surface area contributed by atoms with Crippen molar-refractivity contribution < 1.29 is 4.42 Å². The second-order valence-corrected chi connectivity index (χ2v) is 4.94. The molecule has 0 spiro atoms. The third-order valence-corrected chi connectivity index (χ3v) is 3.40. The summed E-state index contributed by atoms with van der Waals surface area (Å²) >= 11 is 0. The van der Waals surface area contributed by atoms with Crippen LogP contribution in [0.5, 0.6) is 0 Å². The van der Waals surface area contributed by atoms with E-state index in [9.17, 15) is 4.79 Å². The van der Waals surface area contributed by atoms with Gasteiger partial charge in [-0.1, -0.05) is 36.4 Å². The van der Waals surface area contributed by atoms with Crippen LogP contribution < -0.4 is 5.63 Å². The van der Waals surface area contributed by atoms with Crippen LogP contribution in [0.2, 0.25) is 0 Å². The normalized spacial score (nSPS) is 10.2. The molecule has 4 rings (SSSR count). The van der Waals surface area contributed by atoms with E-state index in [1.165, 1.54) is 17.0 Å². The smallest absolute Gasteiger partial charge is 0.336 e. The van der Waals surface area contributed by atoms with E-state index in [1.54, 1.807) is 12.1 Å². The molecule has 0 saturated carbocycles. The highest BCUT2D eigenvalue weighted by Crippen LogP contribution is 2.14. The molecule has 0 aliphatic carbocycles. The van der Waals surface area contributed by atoms with E-state index >= 15 is 0 Å². The monoisotopic (exact) mass is 289 g/mol. The van der Waals surface area contributed by atoms with Crippen LogP contribution in [0.4, 0.5) is 0 Å². The lowest BCUT2D eigenvalue weighted by Crippen LogP contribution is -1.93. The van der Waals surface area contributed by atoms with Crippen molar-refractivity contribution in [3.8, 4) is 0 Å². The first-order valence-corrected chi connectivity index (χ1v) is 7.03. The average Bonchev–Trinajstić information content (AvgIpc) is 2.56. The van der Waals surface area contributed by atoms with E-state index < -0.39 is 0 Å². The maximum absolute atomic E-state index is 10.7. The first-order chi connectivity index (χ1) is 10.7. The molecule has 3 nitrogen and oxygen atoms in total. The molecule has 0 fully saturated rings. The number of fused-ring (bicyclic) bond motifs is 2. The Balaban J connectivity index is 0.000000131. The summed E-state index contributed by atoms with van der Waals surface area (Å²) in [7, 11) is 0. The van der Waals surface area contributed by atoms with Crippen LogP contribution in [0, 0.1) is 6.92 Å². The van der Waals surface area contributed by atoms with Crippen LogP contribution in [-0.4, -0.2) is 4.98 Å². The summed E-state index contributed by atoms with van der Waals surface area (Å²) in [5, 5.41) is 2.20. The summed E-state index contributed by atoms with van der Waals surface area (Å²) in [6.07, 6.45) is 1.84. The Hall–Kier alpha value is -2.94. The van der Waals surface area contributed by atoms with Crippen LogP contribution in [0.1, 0.15) is 5.56 Å². The molecular weight excluding hydrogens is 274 g/mol. The van der Waals surface area contributed by atoms with Gasteiger partial charge in [0, 0.05) is 23.0 Å². The molecule has 0 radical (unpaired) electrons. The Morgan fingerprint density at radius 3 is 2.50 bits per heavy atom. The molecule has 0 aliphatic rings. The molecule has 3 heteroatoms. The summed E-state index contributed by atoms with van der Waals surface area (Å²) < 4.78 is 4.91. The highest BCUT2D eigenvalue weighted by molar-refractivity contribution is 5.81. The fraction of sp³-hybridized carbons (Fsp3) is 0.0526. The van der Waals surface area contributed by atoms with Crippen molar-refractivity contribution >= 4 is 21.9 Å². The predicted molar refractivity (Wildman–Crippen MR) is 89.0 cm³/mol. The van der Waals surface area contributed by atoms with Crippen molar-refractivity contribution in [2.75, 3.05) is 0 Å². The standard InChI is InChI=1S/C10H9N.C9H6O2/c1-8-6-7-11-10-5-3-2-4-9(8)10;10-9-6-5-7-3-1-2-4-8(7)11-9/h2-7H,1H3;1-6H. The number of pyridine rings is 1. The lowest BCUT2D eigenvalue weighted by atomic mass is 10.1. The van der Waals surface area contributed by atoms with Crippen LogP contribution >= 0.6 is 0 Å². The summed E-state index contributed by atoms with van der Waals surface area (Å²) in [4.78, 5) is 15.0. The average molecular weight is 289 g/mol. The SMILES string of the molecule is Cc1ccnc2ccccc12.O=c1ccc2ccccc2o1. The van der Waals surface area contributed by atoms with Crippen LogP contribution in [0.15, 0.2) is 82.1 Å². The molecule has 108 valence electrons. The van der Waals surface area contributed by atoms with E-state index in [2.05, 4.69) is 18.0 Å². The van der Waals surface area contributed by atoms with E-state index in [0.717, 1.165) is 10.9 Å². The molecule has 22 heavy (non-hydrogen) atoms. The van der Waals surface area contributed by atoms with Crippen molar-refractivity contribution in [1.29, 1.82) is 0 Å². The van der Waals surface area contributed by atoms with Gasteiger partial charge in [-0.15, -0.1) is 0 Å². The fourth-order valence-electron chi connectivity index (χ4n) is 2.25. The molecule has 0 aliphatic heterocycles. The van der Waals surface area contributed by atoms with Gasteiger partial charge in [0.2, 0.25) is 0 Å². The van der Waals surface area contributed by atoms with Gasteiger partial charge in [-0.05, 0) is 36.8 Å². The summed E-state index contributed by atoms with van der Waals surface area (Å²) in [6.45, 7) is 2.10. The molecule has 4 aromatic rings. The van der Waals surface area contributed by atoms with Crippen molar-refractivity contribution in [2.24, 2.45) is 0 Å². The van der Waals surface area contributed by atoms with E-state index in [4.69, 9.17) is 4.42 Å². The van der Waals surface area contributed by atoms with Crippen LogP contribution in [0.3, 0.4) is 0 Å².